The fourth-order valence-corrected chi connectivity index (χ4v) is 2.77. The van der Waals surface area contributed by atoms with E-state index in [-0.39, 0.29) is 30.1 Å². The van der Waals surface area contributed by atoms with E-state index in [0.717, 1.165) is 6.42 Å². The van der Waals surface area contributed by atoms with E-state index in [0.29, 0.717) is 29.8 Å². The van der Waals surface area contributed by atoms with Crippen LogP contribution in [0.3, 0.4) is 0 Å². The molecule has 0 aromatic heterocycles. The Morgan fingerprint density at radius 1 is 1.04 bits per heavy atom. The second kappa shape index (κ2) is 7.55. The van der Waals surface area contributed by atoms with E-state index >= 15 is 0 Å². The third kappa shape index (κ3) is 3.63. The van der Waals surface area contributed by atoms with Crippen LogP contribution < -0.4 is 5.73 Å². The molecule has 4 nitrogen and oxygen atoms in total. The minimum atomic E-state index is -0.406. The molecular weight excluding hydrogens is 331 g/mol. The Bertz CT molecular complexity index is 749. The molecule has 1 saturated heterocycles. The van der Waals surface area contributed by atoms with Gasteiger partial charge in [0.2, 0.25) is 0 Å². The standard InChI is InChI=1S/C18H17FN2O2.ClH/c19-13-7-5-12(6-8-13)17(22)15-3-1-2-4-16(15)18(23)21-10-9-14(20)11-21;/h1-8,14H,9-11,20H2;1H. The highest BCUT2D eigenvalue weighted by Crippen LogP contribution is 2.19. The number of ketones is 1. The van der Waals surface area contributed by atoms with Gasteiger partial charge in [0.05, 0.1) is 5.56 Å². The summed E-state index contributed by atoms with van der Waals surface area (Å²) in [5, 5.41) is 0. The van der Waals surface area contributed by atoms with Crippen molar-refractivity contribution in [2.45, 2.75) is 12.5 Å². The fourth-order valence-electron chi connectivity index (χ4n) is 2.77. The van der Waals surface area contributed by atoms with E-state index < -0.39 is 5.82 Å². The Morgan fingerprint density at radius 3 is 2.25 bits per heavy atom. The first-order valence-electron chi connectivity index (χ1n) is 7.50. The maximum Gasteiger partial charge on any atom is 0.254 e. The van der Waals surface area contributed by atoms with Crippen LogP contribution in [0.4, 0.5) is 4.39 Å². The summed E-state index contributed by atoms with van der Waals surface area (Å²) in [6, 6.07) is 12.0. The van der Waals surface area contributed by atoms with Gasteiger partial charge in [-0.15, -0.1) is 12.4 Å². The lowest BCUT2D eigenvalue weighted by Crippen LogP contribution is -2.32. The minimum Gasteiger partial charge on any atom is -0.337 e. The summed E-state index contributed by atoms with van der Waals surface area (Å²) in [6.07, 6.45) is 0.764. The van der Waals surface area contributed by atoms with E-state index in [1.807, 2.05) is 0 Å². The number of halogens is 2. The number of carbonyl (C=O) groups is 2. The van der Waals surface area contributed by atoms with Crippen LogP contribution in [0.5, 0.6) is 0 Å². The second-order valence-electron chi connectivity index (χ2n) is 5.68. The molecule has 1 heterocycles. The molecule has 0 bridgehead atoms. The lowest BCUT2D eigenvalue weighted by Gasteiger charge is -2.17. The summed E-state index contributed by atoms with van der Waals surface area (Å²) in [4.78, 5) is 27.0. The van der Waals surface area contributed by atoms with E-state index in [2.05, 4.69) is 0 Å². The number of amides is 1. The summed E-state index contributed by atoms with van der Waals surface area (Å²) >= 11 is 0. The summed E-state index contributed by atoms with van der Waals surface area (Å²) in [7, 11) is 0. The smallest absolute Gasteiger partial charge is 0.254 e. The van der Waals surface area contributed by atoms with Gasteiger partial charge in [0.25, 0.3) is 5.91 Å². The van der Waals surface area contributed by atoms with Gasteiger partial charge in [-0.25, -0.2) is 4.39 Å². The first-order chi connectivity index (χ1) is 11.1. The van der Waals surface area contributed by atoms with E-state index in [1.54, 1.807) is 29.2 Å². The molecule has 1 atom stereocenters. The number of hydrogen-bond donors (Lipinski definition) is 1. The molecule has 0 saturated carbocycles. The highest BCUT2D eigenvalue weighted by Gasteiger charge is 2.27. The van der Waals surface area contributed by atoms with Crippen molar-refractivity contribution in [3.05, 3.63) is 71.0 Å². The van der Waals surface area contributed by atoms with Crippen LogP contribution in [-0.4, -0.2) is 35.7 Å². The van der Waals surface area contributed by atoms with Crippen LogP contribution in [0.25, 0.3) is 0 Å². The maximum atomic E-state index is 13.0. The number of likely N-dealkylation sites (tertiary alicyclic amines) is 1. The Kier molecular flexibility index (Phi) is 5.70. The van der Waals surface area contributed by atoms with Crippen LogP contribution >= 0.6 is 12.4 Å². The molecule has 3 rings (SSSR count). The molecule has 2 N–H and O–H groups in total. The van der Waals surface area contributed by atoms with Gasteiger partial charge in [0.1, 0.15) is 5.82 Å². The van der Waals surface area contributed by atoms with Crippen molar-refractivity contribution in [3.8, 4) is 0 Å². The monoisotopic (exact) mass is 348 g/mol. The molecule has 0 radical (unpaired) electrons. The fraction of sp³-hybridized carbons (Fsp3) is 0.222. The third-order valence-electron chi connectivity index (χ3n) is 4.02. The van der Waals surface area contributed by atoms with Gasteiger partial charge in [-0.05, 0) is 36.8 Å². The summed E-state index contributed by atoms with van der Waals surface area (Å²) in [5.41, 5.74) is 6.88. The van der Waals surface area contributed by atoms with E-state index in [4.69, 9.17) is 5.73 Å². The summed E-state index contributed by atoms with van der Waals surface area (Å²) in [5.74, 6) is -0.890. The molecule has 1 unspecified atom stereocenters. The number of nitrogens with zero attached hydrogens (tertiary/aromatic N) is 1. The van der Waals surface area contributed by atoms with Crippen molar-refractivity contribution in [2.24, 2.45) is 5.73 Å². The largest absolute Gasteiger partial charge is 0.337 e. The molecule has 2 aromatic carbocycles. The Hall–Kier alpha value is -2.24. The zero-order valence-corrected chi connectivity index (χ0v) is 13.8. The van der Waals surface area contributed by atoms with Gasteiger partial charge in [0, 0.05) is 30.3 Å². The number of hydrogen-bond acceptors (Lipinski definition) is 3. The first-order valence-corrected chi connectivity index (χ1v) is 7.50. The van der Waals surface area contributed by atoms with Crippen LogP contribution in [0.2, 0.25) is 0 Å². The molecule has 126 valence electrons. The van der Waals surface area contributed by atoms with Gasteiger partial charge in [-0.1, -0.05) is 18.2 Å². The van der Waals surface area contributed by atoms with Crippen LogP contribution in [0, 0.1) is 5.82 Å². The molecule has 2 aromatic rings. The number of nitrogens with two attached hydrogens (primary N) is 1. The van der Waals surface area contributed by atoms with Crippen molar-refractivity contribution in [1.29, 1.82) is 0 Å². The third-order valence-corrected chi connectivity index (χ3v) is 4.02. The summed E-state index contributed by atoms with van der Waals surface area (Å²) < 4.78 is 13.0. The molecule has 1 fully saturated rings. The Labute approximate surface area is 145 Å². The van der Waals surface area contributed by atoms with Crippen molar-refractivity contribution in [2.75, 3.05) is 13.1 Å². The van der Waals surface area contributed by atoms with Crippen molar-refractivity contribution in [3.63, 3.8) is 0 Å². The average Bonchev–Trinajstić information content (AvgIpc) is 3.01. The van der Waals surface area contributed by atoms with E-state index in [1.165, 1.54) is 24.3 Å². The van der Waals surface area contributed by atoms with Crippen molar-refractivity contribution in [1.82, 2.24) is 4.90 Å². The van der Waals surface area contributed by atoms with Gasteiger partial charge in [-0.3, -0.25) is 9.59 Å². The van der Waals surface area contributed by atoms with Crippen LogP contribution in [-0.2, 0) is 0 Å². The molecule has 1 aliphatic heterocycles. The first kappa shape index (κ1) is 18.1. The zero-order chi connectivity index (χ0) is 16.4. The van der Waals surface area contributed by atoms with Crippen molar-refractivity contribution >= 4 is 24.1 Å². The lowest BCUT2D eigenvalue weighted by atomic mass is 9.97. The van der Waals surface area contributed by atoms with Gasteiger partial charge < -0.3 is 10.6 Å². The predicted octanol–water partition coefficient (Wildman–Crippen LogP) is 2.65. The van der Waals surface area contributed by atoms with Crippen LogP contribution in [0.1, 0.15) is 32.7 Å². The van der Waals surface area contributed by atoms with E-state index in [9.17, 15) is 14.0 Å². The van der Waals surface area contributed by atoms with Gasteiger partial charge >= 0.3 is 0 Å². The minimum absolute atomic E-state index is 0. The second-order valence-corrected chi connectivity index (χ2v) is 5.68. The molecule has 1 amide bonds. The highest BCUT2D eigenvalue weighted by molar-refractivity contribution is 6.15. The number of rotatable bonds is 3. The quantitative estimate of drug-likeness (QED) is 0.867. The number of carbonyl (C=O) groups excluding carboxylic acids is 2. The molecule has 6 heteroatoms. The molecule has 1 aliphatic rings. The van der Waals surface area contributed by atoms with Gasteiger partial charge in [-0.2, -0.15) is 0 Å². The maximum absolute atomic E-state index is 13.0. The Morgan fingerprint density at radius 2 is 1.67 bits per heavy atom. The highest BCUT2D eigenvalue weighted by atomic mass is 35.5. The van der Waals surface area contributed by atoms with Crippen molar-refractivity contribution < 1.29 is 14.0 Å². The predicted molar refractivity (Wildman–Crippen MR) is 92.0 cm³/mol. The molecule has 0 aliphatic carbocycles. The molecule has 24 heavy (non-hydrogen) atoms. The average molecular weight is 349 g/mol. The van der Waals surface area contributed by atoms with Gasteiger partial charge in [0.15, 0.2) is 5.78 Å². The summed E-state index contributed by atoms with van der Waals surface area (Å²) in [6.45, 7) is 1.09. The molecular formula is C18H18ClFN2O2. The van der Waals surface area contributed by atoms with Crippen LogP contribution in [0.15, 0.2) is 48.5 Å². The zero-order valence-electron chi connectivity index (χ0n) is 12.9. The SMILES string of the molecule is Cl.NC1CCN(C(=O)c2ccccc2C(=O)c2ccc(F)cc2)C1. The molecule has 0 spiro atoms. The normalized spacial score (nSPS) is 16.6. The lowest BCUT2D eigenvalue weighted by molar-refractivity contribution is 0.0786. The Balaban J connectivity index is 0.00000208. The number of benzene rings is 2. The topological polar surface area (TPSA) is 63.4 Å².